The first kappa shape index (κ1) is 19.0. The summed E-state index contributed by atoms with van der Waals surface area (Å²) in [6.07, 6.45) is 2.56. The van der Waals surface area contributed by atoms with E-state index in [0.717, 1.165) is 23.2 Å². The molecule has 2 aromatic carbocycles. The molecule has 1 aliphatic rings. The van der Waals surface area contributed by atoms with Crippen molar-refractivity contribution in [1.29, 1.82) is 0 Å². The fourth-order valence-corrected chi connectivity index (χ4v) is 4.52. The minimum absolute atomic E-state index is 0.128. The third-order valence-electron chi connectivity index (χ3n) is 4.42. The molecule has 28 heavy (non-hydrogen) atoms. The Kier molecular flexibility index (Phi) is 5.40. The molecule has 0 radical (unpaired) electrons. The molecule has 0 aliphatic carbocycles. The first-order chi connectivity index (χ1) is 13.6. The van der Waals surface area contributed by atoms with Gasteiger partial charge in [-0.25, -0.2) is 0 Å². The maximum absolute atomic E-state index is 13.0. The molecular weight excluding hydrogens is 410 g/mol. The minimum Gasteiger partial charge on any atom is -0.457 e. The van der Waals surface area contributed by atoms with Crippen molar-refractivity contribution in [2.24, 2.45) is 0 Å². The highest BCUT2D eigenvalue weighted by molar-refractivity contribution is 8.27. The third kappa shape index (κ3) is 3.65. The molecule has 3 aromatic rings. The highest BCUT2D eigenvalue weighted by Crippen LogP contribution is 2.38. The van der Waals surface area contributed by atoms with Crippen molar-refractivity contribution in [2.75, 3.05) is 4.90 Å². The largest absolute Gasteiger partial charge is 0.457 e. The van der Waals surface area contributed by atoms with Crippen molar-refractivity contribution < 1.29 is 9.21 Å². The van der Waals surface area contributed by atoms with Crippen LogP contribution in [0.2, 0.25) is 5.02 Å². The molecule has 2 heterocycles. The lowest BCUT2D eigenvalue weighted by molar-refractivity contribution is -0.113. The zero-order valence-electron chi connectivity index (χ0n) is 15.0. The fraction of sp³-hybridized carbons (Fsp3) is 0.0909. The maximum atomic E-state index is 13.0. The second kappa shape index (κ2) is 7.95. The van der Waals surface area contributed by atoms with Crippen LogP contribution in [0.1, 0.15) is 18.2 Å². The van der Waals surface area contributed by atoms with Gasteiger partial charge in [-0.3, -0.25) is 9.69 Å². The summed E-state index contributed by atoms with van der Waals surface area (Å²) in [6, 6.07) is 19.0. The van der Waals surface area contributed by atoms with Gasteiger partial charge in [0.05, 0.1) is 10.6 Å². The SMILES string of the molecule is CCc1ccccc1N1C(=O)C(=Cc2ccc(-c3cccc(Cl)c3)o2)SC1=S. The monoisotopic (exact) mass is 425 g/mol. The van der Waals surface area contributed by atoms with Crippen molar-refractivity contribution in [2.45, 2.75) is 13.3 Å². The molecule has 6 heteroatoms. The number of para-hydroxylation sites is 1. The summed E-state index contributed by atoms with van der Waals surface area (Å²) >= 11 is 12.8. The van der Waals surface area contributed by atoms with Gasteiger partial charge in [0.15, 0.2) is 4.32 Å². The predicted octanol–water partition coefficient (Wildman–Crippen LogP) is 6.57. The molecule has 140 valence electrons. The number of amides is 1. The quantitative estimate of drug-likeness (QED) is 0.349. The molecular formula is C22H16ClNO2S2. The number of thioether (sulfide) groups is 1. The second-order valence-corrected chi connectivity index (χ2v) is 8.32. The summed E-state index contributed by atoms with van der Waals surface area (Å²) in [6.45, 7) is 2.06. The first-order valence-corrected chi connectivity index (χ1v) is 10.4. The predicted molar refractivity (Wildman–Crippen MR) is 121 cm³/mol. The number of carbonyl (C=O) groups excluding carboxylic acids is 1. The first-order valence-electron chi connectivity index (χ1n) is 8.78. The number of thiocarbonyl (C=S) groups is 1. The Morgan fingerprint density at radius 1 is 1.14 bits per heavy atom. The highest BCUT2D eigenvalue weighted by atomic mass is 35.5. The van der Waals surface area contributed by atoms with E-state index >= 15 is 0 Å². The summed E-state index contributed by atoms with van der Waals surface area (Å²) in [5.41, 5.74) is 2.81. The number of hydrogen-bond donors (Lipinski definition) is 0. The topological polar surface area (TPSA) is 33.5 Å². The van der Waals surface area contributed by atoms with Gasteiger partial charge in [-0.1, -0.05) is 72.8 Å². The molecule has 0 saturated carbocycles. The van der Waals surface area contributed by atoms with E-state index in [2.05, 4.69) is 6.92 Å². The number of hydrogen-bond acceptors (Lipinski definition) is 4. The van der Waals surface area contributed by atoms with Crippen LogP contribution in [0.25, 0.3) is 17.4 Å². The number of carbonyl (C=O) groups is 1. The Labute approximate surface area is 178 Å². The van der Waals surface area contributed by atoms with Crippen LogP contribution in [0, 0.1) is 0 Å². The smallest absolute Gasteiger partial charge is 0.270 e. The van der Waals surface area contributed by atoms with E-state index in [1.165, 1.54) is 11.8 Å². The number of furan rings is 1. The standard InChI is InChI=1S/C22H16ClNO2S2/c1-2-14-6-3-4-9-18(14)24-21(25)20(28-22(24)27)13-17-10-11-19(26-17)15-7-5-8-16(23)12-15/h3-13H,2H2,1H3. The average molecular weight is 426 g/mol. The second-order valence-electron chi connectivity index (χ2n) is 6.21. The fourth-order valence-electron chi connectivity index (χ4n) is 3.06. The zero-order chi connectivity index (χ0) is 19.7. The van der Waals surface area contributed by atoms with E-state index in [1.54, 1.807) is 11.0 Å². The Morgan fingerprint density at radius 3 is 2.75 bits per heavy atom. The van der Waals surface area contributed by atoms with Gasteiger partial charge in [0, 0.05) is 16.7 Å². The van der Waals surface area contributed by atoms with Crippen molar-refractivity contribution in [3.8, 4) is 11.3 Å². The normalized spacial score (nSPS) is 15.6. The molecule has 1 saturated heterocycles. The van der Waals surface area contributed by atoms with E-state index in [9.17, 15) is 4.79 Å². The molecule has 1 aliphatic heterocycles. The summed E-state index contributed by atoms with van der Waals surface area (Å²) in [7, 11) is 0. The average Bonchev–Trinajstić information content (AvgIpc) is 3.27. The number of rotatable bonds is 4. The Bertz CT molecular complexity index is 1100. The van der Waals surface area contributed by atoms with Crippen LogP contribution in [-0.2, 0) is 11.2 Å². The van der Waals surface area contributed by atoms with E-state index in [0.29, 0.717) is 25.8 Å². The molecule has 1 fully saturated rings. The lowest BCUT2D eigenvalue weighted by atomic mass is 10.1. The van der Waals surface area contributed by atoms with Crippen LogP contribution in [0.5, 0.6) is 0 Å². The number of benzene rings is 2. The maximum Gasteiger partial charge on any atom is 0.270 e. The summed E-state index contributed by atoms with van der Waals surface area (Å²) in [4.78, 5) is 15.1. The van der Waals surface area contributed by atoms with Gasteiger partial charge in [-0.05, 0) is 42.3 Å². The van der Waals surface area contributed by atoms with Crippen LogP contribution in [0.3, 0.4) is 0 Å². The summed E-state index contributed by atoms with van der Waals surface area (Å²) in [5.74, 6) is 1.16. The summed E-state index contributed by atoms with van der Waals surface area (Å²) < 4.78 is 6.42. The Hall–Kier alpha value is -2.34. The molecule has 1 amide bonds. The Balaban J connectivity index is 1.63. The number of aryl methyl sites for hydroxylation is 1. The van der Waals surface area contributed by atoms with Gasteiger partial charge < -0.3 is 4.42 Å². The molecule has 1 aromatic heterocycles. The van der Waals surface area contributed by atoms with Crippen LogP contribution in [0.4, 0.5) is 5.69 Å². The lowest BCUT2D eigenvalue weighted by Crippen LogP contribution is -2.28. The van der Waals surface area contributed by atoms with Crippen molar-refractivity contribution in [1.82, 2.24) is 0 Å². The molecule has 0 N–H and O–H groups in total. The van der Waals surface area contributed by atoms with E-state index in [1.807, 2.05) is 60.7 Å². The van der Waals surface area contributed by atoms with Gasteiger partial charge in [0.25, 0.3) is 5.91 Å². The van der Waals surface area contributed by atoms with Crippen molar-refractivity contribution in [3.63, 3.8) is 0 Å². The number of anilines is 1. The van der Waals surface area contributed by atoms with Crippen LogP contribution in [-0.4, -0.2) is 10.2 Å². The van der Waals surface area contributed by atoms with Gasteiger partial charge in [-0.2, -0.15) is 0 Å². The molecule has 0 bridgehead atoms. The van der Waals surface area contributed by atoms with Crippen LogP contribution < -0.4 is 4.90 Å². The van der Waals surface area contributed by atoms with Crippen molar-refractivity contribution in [3.05, 3.63) is 81.9 Å². The molecule has 3 nitrogen and oxygen atoms in total. The van der Waals surface area contributed by atoms with E-state index in [4.69, 9.17) is 28.2 Å². The van der Waals surface area contributed by atoms with E-state index < -0.39 is 0 Å². The highest BCUT2D eigenvalue weighted by Gasteiger charge is 2.34. The molecule has 4 rings (SSSR count). The van der Waals surface area contributed by atoms with Gasteiger partial charge >= 0.3 is 0 Å². The Morgan fingerprint density at radius 2 is 1.96 bits per heavy atom. The molecule has 0 spiro atoms. The number of nitrogens with zero attached hydrogens (tertiary/aromatic N) is 1. The van der Waals surface area contributed by atoms with Gasteiger partial charge in [-0.15, -0.1) is 0 Å². The minimum atomic E-state index is -0.128. The number of halogens is 1. The lowest BCUT2D eigenvalue weighted by Gasteiger charge is -2.17. The third-order valence-corrected chi connectivity index (χ3v) is 5.95. The van der Waals surface area contributed by atoms with Gasteiger partial charge in [0.2, 0.25) is 0 Å². The van der Waals surface area contributed by atoms with Gasteiger partial charge in [0.1, 0.15) is 11.5 Å². The van der Waals surface area contributed by atoms with Crippen LogP contribution in [0.15, 0.2) is 70.0 Å². The van der Waals surface area contributed by atoms with Crippen molar-refractivity contribution >= 4 is 57.6 Å². The zero-order valence-corrected chi connectivity index (χ0v) is 17.4. The van der Waals surface area contributed by atoms with Crippen LogP contribution >= 0.6 is 35.6 Å². The van der Waals surface area contributed by atoms with E-state index in [-0.39, 0.29) is 5.91 Å². The summed E-state index contributed by atoms with van der Waals surface area (Å²) in [5, 5.41) is 0.644. The molecule has 0 unspecified atom stereocenters. The molecule has 0 atom stereocenters.